The van der Waals surface area contributed by atoms with Crippen molar-refractivity contribution in [2.45, 2.75) is 26.8 Å². The lowest BCUT2D eigenvalue weighted by Gasteiger charge is -2.27. The van der Waals surface area contributed by atoms with Gasteiger partial charge in [-0.1, -0.05) is 35.0 Å². The summed E-state index contributed by atoms with van der Waals surface area (Å²) in [7, 11) is 0. The Morgan fingerprint density at radius 2 is 2.05 bits per heavy atom. The van der Waals surface area contributed by atoms with Gasteiger partial charge in [0, 0.05) is 47.5 Å². The maximum absolute atomic E-state index is 13.6. The Morgan fingerprint density at radius 3 is 2.86 bits per heavy atom. The fourth-order valence-electron chi connectivity index (χ4n) is 5.12. The summed E-state index contributed by atoms with van der Waals surface area (Å²) in [5.41, 5.74) is 8.34. The standard InChI is InChI=1S/C29H26ClN5O2/c1-17-28(18(2)37-34-17)20-6-7-25-24(11-20)26(32-13-19-4-3-5-23(30)10-19)12-27(33-25)29(36)35-9-8-21-14-31-15-22(21)16-35/h3-7,10-12,15H,8-9,13-14,16H2,1-2H3,(H,32,33). The Hall–Kier alpha value is -3.97. The van der Waals surface area contributed by atoms with Crippen molar-refractivity contribution in [2.24, 2.45) is 4.99 Å². The van der Waals surface area contributed by atoms with Gasteiger partial charge in [-0.15, -0.1) is 0 Å². The monoisotopic (exact) mass is 511 g/mol. The first-order valence-electron chi connectivity index (χ1n) is 12.3. The van der Waals surface area contributed by atoms with E-state index in [-0.39, 0.29) is 5.91 Å². The maximum atomic E-state index is 13.6. The van der Waals surface area contributed by atoms with E-state index in [4.69, 9.17) is 21.1 Å². The van der Waals surface area contributed by atoms with Gasteiger partial charge >= 0.3 is 0 Å². The van der Waals surface area contributed by atoms with Crippen LogP contribution >= 0.6 is 11.6 Å². The van der Waals surface area contributed by atoms with Crippen molar-refractivity contribution in [3.63, 3.8) is 0 Å². The molecule has 2 aliphatic heterocycles. The highest BCUT2D eigenvalue weighted by atomic mass is 35.5. The first-order chi connectivity index (χ1) is 18.0. The second-order valence-corrected chi connectivity index (χ2v) is 9.98. The fourth-order valence-corrected chi connectivity index (χ4v) is 5.33. The molecule has 0 unspecified atom stereocenters. The second-order valence-electron chi connectivity index (χ2n) is 9.54. The molecule has 6 rings (SSSR count). The van der Waals surface area contributed by atoms with Crippen LogP contribution in [0.5, 0.6) is 0 Å². The number of aryl methyl sites for hydroxylation is 2. The minimum atomic E-state index is -0.0747. The average molecular weight is 512 g/mol. The summed E-state index contributed by atoms with van der Waals surface area (Å²) < 4.78 is 5.40. The molecule has 7 nitrogen and oxygen atoms in total. The summed E-state index contributed by atoms with van der Waals surface area (Å²) in [5.74, 6) is 0.689. The van der Waals surface area contributed by atoms with E-state index in [9.17, 15) is 4.79 Å². The van der Waals surface area contributed by atoms with Crippen molar-refractivity contribution in [2.75, 3.05) is 25.0 Å². The van der Waals surface area contributed by atoms with Crippen LogP contribution in [0.4, 0.5) is 5.69 Å². The molecule has 2 aromatic heterocycles. The number of carbonyl (C=O) groups excluding carboxylic acids is 1. The van der Waals surface area contributed by atoms with Gasteiger partial charge < -0.3 is 14.7 Å². The molecule has 37 heavy (non-hydrogen) atoms. The van der Waals surface area contributed by atoms with Crippen molar-refractivity contribution in [3.05, 3.63) is 87.4 Å². The van der Waals surface area contributed by atoms with E-state index >= 15 is 0 Å². The van der Waals surface area contributed by atoms with Crippen LogP contribution in [0.25, 0.3) is 22.0 Å². The number of fused-ring (bicyclic) bond motifs is 1. The molecule has 1 amide bonds. The SMILES string of the molecule is Cc1noc(C)c1-c1ccc2nc(C(=O)N3CCC4=C(C=NC4)C3)cc(NCc3cccc(Cl)c3)c2c1. The number of pyridine rings is 1. The van der Waals surface area contributed by atoms with Gasteiger partial charge in [0.1, 0.15) is 11.5 Å². The lowest BCUT2D eigenvalue weighted by Crippen LogP contribution is -2.37. The highest BCUT2D eigenvalue weighted by Crippen LogP contribution is 2.33. The molecule has 0 atom stereocenters. The molecule has 4 aromatic rings. The largest absolute Gasteiger partial charge is 0.380 e. The lowest BCUT2D eigenvalue weighted by atomic mass is 10.00. The molecule has 0 spiro atoms. The van der Waals surface area contributed by atoms with Crippen LogP contribution in [0.15, 0.2) is 69.2 Å². The predicted molar refractivity (Wildman–Crippen MR) is 146 cm³/mol. The number of benzene rings is 2. The minimum Gasteiger partial charge on any atom is -0.380 e. The van der Waals surface area contributed by atoms with E-state index in [2.05, 4.69) is 21.5 Å². The predicted octanol–water partition coefficient (Wildman–Crippen LogP) is 6.00. The van der Waals surface area contributed by atoms with E-state index in [1.807, 2.05) is 67.4 Å². The van der Waals surface area contributed by atoms with Crippen LogP contribution in [0, 0.1) is 13.8 Å². The van der Waals surface area contributed by atoms with Gasteiger partial charge in [-0.25, -0.2) is 4.98 Å². The molecule has 0 aliphatic carbocycles. The normalized spacial score (nSPS) is 14.9. The number of amides is 1. The molecule has 186 valence electrons. The van der Waals surface area contributed by atoms with E-state index in [0.717, 1.165) is 63.3 Å². The molecule has 8 heteroatoms. The van der Waals surface area contributed by atoms with Gasteiger partial charge in [-0.3, -0.25) is 9.79 Å². The highest BCUT2D eigenvalue weighted by molar-refractivity contribution is 6.30. The number of halogens is 1. The number of aromatic nitrogens is 2. The van der Waals surface area contributed by atoms with E-state index in [1.54, 1.807) is 0 Å². The van der Waals surface area contributed by atoms with Crippen molar-refractivity contribution < 1.29 is 9.32 Å². The highest BCUT2D eigenvalue weighted by Gasteiger charge is 2.26. The van der Waals surface area contributed by atoms with Crippen molar-refractivity contribution in [1.82, 2.24) is 15.0 Å². The van der Waals surface area contributed by atoms with Crippen LogP contribution in [0.1, 0.15) is 33.9 Å². The average Bonchev–Trinajstić information content (AvgIpc) is 3.51. The summed E-state index contributed by atoms with van der Waals surface area (Å²) >= 11 is 6.20. The Labute approximate surface area is 219 Å². The van der Waals surface area contributed by atoms with Crippen LogP contribution < -0.4 is 5.32 Å². The third-order valence-corrected chi connectivity index (χ3v) is 7.27. The molecule has 2 aromatic carbocycles. The van der Waals surface area contributed by atoms with Crippen LogP contribution in [0.2, 0.25) is 5.02 Å². The Morgan fingerprint density at radius 1 is 1.16 bits per heavy atom. The molecule has 0 saturated heterocycles. The maximum Gasteiger partial charge on any atom is 0.272 e. The number of hydrogen-bond acceptors (Lipinski definition) is 6. The summed E-state index contributed by atoms with van der Waals surface area (Å²) in [4.78, 5) is 24.6. The first-order valence-corrected chi connectivity index (χ1v) is 12.7. The third kappa shape index (κ3) is 4.51. The van der Waals surface area contributed by atoms with Gasteiger partial charge in [-0.05, 0) is 72.9 Å². The Kier molecular flexibility index (Phi) is 6.00. The van der Waals surface area contributed by atoms with E-state index in [0.29, 0.717) is 30.4 Å². The molecule has 0 radical (unpaired) electrons. The quantitative estimate of drug-likeness (QED) is 0.355. The zero-order valence-electron chi connectivity index (χ0n) is 20.7. The zero-order chi connectivity index (χ0) is 25.5. The molecular formula is C29H26ClN5O2. The van der Waals surface area contributed by atoms with Gasteiger partial charge in [0.2, 0.25) is 0 Å². The Bertz CT molecular complexity index is 1580. The summed E-state index contributed by atoms with van der Waals surface area (Å²) in [6.07, 6.45) is 2.76. The molecule has 1 N–H and O–H groups in total. The summed E-state index contributed by atoms with van der Waals surface area (Å²) in [5, 5.41) is 9.24. The third-order valence-electron chi connectivity index (χ3n) is 7.04. The minimum absolute atomic E-state index is 0.0747. The molecule has 0 saturated carbocycles. The van der Waals surface area contributed by atoms with Crippen LogP contribution in [-0.4, -0.2) is 46.8 Å². The molecule has 4 heterocycles. The van der Waals surface area contributed by atoms with Gasteiger partial charge in [0.15, 0.2) is 0 Å². The fraction of sp³-hybridized carbons (Fsp3) is 0.241. The van der Waals surface area contributed by atoms with Crippen molar-refractivity contribution in [3.8, 4) is 11.1 Å². The van der Waals surface area contributed by atoms with Crippen LogP contribution in [-0.2, 0) is 6.54 Å². The smallest absolute Gasteiger partial charge is 0.272 e. The number of carbonyl (C=O) groups is 1. The number of rotatable bonds is 5. The van der Waals surface area contributed by atoms with Crippen LogP contribution in [0.3, 0.4) is 0 Å². The van der Waals surface area contributed by atoms with Crippen molar-refractivity contribution in [1.29, 1.82) is 0 Å². The number of aliphatic imine (C=N–C) groups is 1. The molecule has 0 bridgehead atoms. The number of hydrogen-bond donors (Lipinski definition) is 1. The lowest BCUT2D eigenvalue weighted by molar-refractivity contribution is 0.0761. The van der Waals surface area contributed by atoms with Gasteiger partial charge in [0.25, 0.3) is 5.91 Å². The van der Waals surface area contributed by atoms with Crippen molar-refractivity contribution >= 4 is 40.3 Å². The van der Waals surface area contributed by atoms with E-state index in [1.165, 1.54) is 5.57 Å². The van der Waals surface area contributed by atoms with E-state index < -0.39 is 0 Å². The topological polar surface area (TPSA) is 83.6 Å². The zero-order valence-corrected chi connectivity index (χ0v) is 21.5. The first kappa shape index (κ1) is 23.4. The number of anilines is 1. The Balaban J connectivity index is 1.39. The number of nitrogens with zero attached hydrogens (tertiary/aromatic N) is 4. The molecular weight excluding hydrogens is 486 g/mol. The van der Waals surface area contributed by atoms with Gasteiger partial charge in [-0.2, -0.15) is 0 Å². The van der Waals surface area contributed by atoms with Gasteiger partial charge in [0.05, 0.1) is 17.8 Å². The molecule has 0 fully saturated rings. The number of nitrogens with one attached hydrogen (secondary N) is 1. The molecule has 2 aliphatic rings. The summed E-state index contributed by atoms with van der Waals surface area (Å²) in [6.45, 7) is 6.41. The summed E-state index contributed by atoms with van der Waals surface area (Å²) in [6, 6.07) is 15.6. The second kappa shape index (κ2) is 9.48.